The molecule has 0 heterocycles. The summed E-state index contributed by atoms with van der Waals surface area (Å²) in [5.74, 6) is -0.681. The van der Waals surface area contributed by atoms with Gasteiger partial charge in [-0.1, -0.05) is 19.1 Å². The van der Waals surface area contributed by atoms with Gasteiger partial charge < -0.3 is 14.7 Å². The molecule has 1 N–H and O–H groups in total. The summed E-state index contributed by atoms with van der Waals surface area (Å²) in [6.07, 6.45) is 0.987. The Morgan fingerprint density at radius 2 is 2.10 bits per heavy atom. The van der Waals surface area contributed by atoms with Gasteiger partial charge in [0, 0.05) is 19.5 Å². The van der Waals surface area contributed by atoms with Crippen LogP contribution in [0.3, 0.4) is 0 Å². The van der Waals surface area contributed by atoms with Crippen molar-refractivity contribution in [1.29, 1.82) is 0 Å². The lowest BCUT2D eigenvalue weighted by atomic mass is 10.1. The van der Waals surface area contributed by atoms with E-state index in [0.29, 0.717) is 19.4 Å². The fourth-order valence-electron chi connectivity index (χ4n) is 2.05. The Hall–Kier alpha value is -2.04. The second kappa shape index (κ2) is 8.29. The van der Waals surface area contributed by atoms with E-state index in [1.54, 1.807) is 18.9 Å². The van der Waals surface area contributed by atoms with Crippen molar-refractivity contribution in [2.75, 3.05) is 20.2 Å². The van der Waals surface area contributed by atoms with E-state index in [4.69, 9.17) is 9.84 Å². The molecule has 0 aliphatic rings. The van der Waals surface area contributed by atoms with Crippen molar-refractivity contribution < 1.29 is 19.4 Å². The third kappa shape index (κ3) is 5.45. The summed E-state index contributed by atoms with van der Waals surface area (Å²) in [5.41, 5.74) is 1.03. The van der Waals surface area contributed by atoms with E-state index in [0.717, 1.165) is 11.3 Å². The first-order chi connectivity index (χ1) is 9.97. The number of benzene rings is 1. The highest BCUT2D eigenvalue weighted by Gasteiger charge is 2.19. The Morgan fingerprint density at radius 3 is 2.67 bits per heavy atom. The third-order valence-electron chi connectivity index (χ3n) is 3.41. The normalized spacial score (nSPS) is 11.8. The van der Waals surface area contributed by atoms with Gasteiger partial charge in [-0.3, -0.25) is 9.59 Å². The zero-order valence-corrected chi connectivity index (χ0v) is 12.8. The van der Waals surface area contributed by atoms with E-state index >= 15 is 0 Å². The van der Waals surface area contributed by atoms with Crippen molar-refractivity contribution in [2.24, 2.45) is 5.92 Å². The lowest BCUT2D eigenvalue weighted by molar-refractivity contribution is -0.143. The molecule has 21 heavy (non-hydrogen) atoms. The molecule has 0 aliphatic heterocycles. The number of carboxylic acids is 1. The zero-order chi connectivity index (χ0) is 15.8. The minimum absolute atomic E-state index is 0.0200. The molecule has 116 valence electrons. The predicted molar refractivity (Wildman–Crippen MR) is 80.4 cm³/mol. The van der Waals surface area contributed by atoms with Crippen molar-refractivity contribution in [3.05, 3.63) is 29.8 Å². The maximum absolute atomic E-state index is 12.2. The number of methoxy groups -OCH3 is 1. The first-order valence-corrected chi connectivity index (χ1v) is 7.11. The van der Waals surface area contributed by atoms with Crippen molar-refractivity contribution in [2.45, 2.75) is 26.7 Å². The van der Waals surface area contributed by atoms with Gasteiger partial charge in [-0.05, 0) is 31.0 Å². The number of nitrogens with zero attached hydrogens (tertiary/aromatic N) is 1. The molecule has 1 atom stereocenters. The molecule has 1 amide bonds. The van der Waals surface area contributed by atoms with Crippen molar-refractivity contribution >= 4 is 11.9 Å². The number of carbonyl (C=O) groups excluding carboxylic acids is 1. The molecule has 0 aliphatic carbocycles. The summed E-state index contributed by atoms with van der Waals surface area (Å²) in [7, 11) is 1.61. The van der Waals surface area contributed by atoms with E-state index in [9.17, 15) is 9.59 Å². The fraction of sp³-hybridized carbons (Fsp3) is 0.500. The Balaban J connectivity index is 2.55. The molecular formula is C16H23NO4. The number of amides is 1. The van der Waals surface area contributed by atoms with Crippen LogP contribution < -0.4 is 4.74 Å². The summed E-state index contributed by atoms with van der Waals surface area (Å²) in [6, 6.07) is 7.61. The quantitative estimate of drug-likeness (QED) is 0.798. The van der Waals surface area contributed by atoms with E-state index in [2.05, 4.69) is 0 Å². The van der Waals surface area contributed by atoms with Crippen molar-refractivity contribution in [3.63, 3.8) is 0 Å². The van der Waals surface area contributed by atoms with Crippen LogP contribution in [0.25, 0.3) is 0 Å². The minimum atomic E-state index is -0.881. The number of hydrogen-bond acceptors (Lipinski definition) is 3. The molecule has 0 saturated heterocycles. The summed E-state index contributed by atoms with van der Waals surface area (Å²) >= 11 is 0. The van der Waals surface area contributed by atoms with Gasteiger partial charge in [-0.2, -0.15) is 0 Å². The molecular weight excluding hydrogens is 270 g/mol. The highest BCUT2D eigenvalue weighted by Crippen LogP contribution is 2.14. The highest BCUT2D eigenvalue weighted by atomic mass is 16.5. The smallest absolute Gasteiger partial charge is 0.308 e. The van der Waals surface area contributed by atoms with Crippen LogP contribution in [0.15, 0.2) is 24.3 Å². The van der Waals surface area contributed by atoms with Gasteiger partial charge in [0.05, 0.1) is 13.0 Å². The molecule has 1 aromatic carbocycles. The van der Waals surface area contributed by atoms with Crippen LogP contribution >= 0.6 is 0 Å². The predicted octanol–water partition coefficient (Wildman–Crippen LogP) is 2.20. The molecule has 0 spiro atoms. The Kier molecular flexibility index (Phi) is 6.72. The van der Waals surface area contributed by atoms with Gasteiger partial charge in [0.25, 0.3) is 0 Å². The Bertz CT molecular complexity index is 487. The van der Waals surface area contributed by atoms with Gasteiger partial charge in [-0.15, -0.1) is 0 Å². The van der Waals surface area contributed by atoms with Crippen LogP contribution in [0.2, 0.25) is 0 Å². The first-order valence-electron chi connectivity index (χ1n) is 7.11. The standard InChI is InChI=1S/C16H23NO4/c1-4-17(11-12(2)16(19)20)15(18)9-8-13-6-5-7-14(10-13)21-3/h5-7,10,12H,4,8-9,11H2,1-3H3,(H,19,20). The monoisotopic (exact) mass is 293 g/mol. The van der Waals surface area contributed by atoms with E-state index in [1.807, 2.05) is 31.2 Å². The molecule has 0 saturated carbocycles. The maximum atomic E-state index is 12.2. The molecule has 0 aromatic heterocycles. The highest BCUT2D eigenvalue weighted by molar-refractivity contribution is 5.77. The number of ether oxygens (including phenoxy) is 1. The van der Waals surface area contributed by atoms with Crippen LogP contribution in [0, 0.1) is 5.92 Å². The fourth-order valence-corrected chi connectivity index (χ4v) is 2.05. The van der Waals surface area contributed by atoms with Crippen LogP contribution in [-0.2, 0) is 16.0 Å². The number of carbonyl (C=O) groups is 2. The van der Waals surface area contributed by atoms with Crippen LogP contribution in [-0.4, -0.2) is 42.1 Å². The molecule has 0 fully saturated rings. The SMILES string of the molecule is CCN(CC(C)C(=O)O)C(=O)CCc1cccc(OC)c1. The lowest BCUT2D eigenvalue weighted by Crippen LogP contribution is -2.36. The maximum Gasteiger partial charge on any atom is 0.308 e. The average Bonchev–Trinajstić information content (AvgIpc) is 2.49. The first kappa shape index (κ1) is 17.0. The summed E-state index contributed by atoms with van der Waals surface area (Å²) in [4.78, 5) is 24.6. The zero-order valence-electron chi connectivity index (χ0n) is 12.8. The third-order valence-corrected chi connectivity index (χ3v) is 3.41. The van der Waals surface area contributed by atoms with E-state index in [-0.39, 0.29) is 12.5 Å². The van der Waals surface area contributed by atoms with Gasteiger partial charge in [0.2, 0.25) is 5.91 Å². The molecule has 5 nitrogen and oxygen atoms in total. The molecule has 0 radical (unpaired) electrons. The van der Waals surface area contributed by atoms with Crippen LogP contribution in [0.4, 0.5) is 0 Å². The van der Waals surface area contributed by atoms with E-state index in [1.165, 1.54) is 0 Å². The summed E-state index contributed by atoms with van der Waals surface area (Å²) < 4.78 is 5.15. The Morgan fingerprint density at radius 1 is 1.38 bits per heavy atom. The topological polar surface area (TPSA) is 66.8 Å². The molecule has 0 bridgehead atoms. The largest absolute Gasteiger partial charge is 0.497 e. The lowest BCUT2D eigenvalue weighted by Gasteiger charge is -2.23. The number of carboxylic acid groups (broad SMARTS) is 1. The number of aryl methyl sites for hydroxylation is 1. The van der Waals surface area contributed by atoms with Crippen molar-refractivity contribution in [1.82, 2.24) is 4.90 Å². The van der Waals surface area contributed by atoms with Gasteiger partial charge in [0.1, 0.15) is 5.75 Å². The summed E-state index contributed by atoms with van der Waals surface area (Å²) in [6.45, 7) is 4.25. The van der Waals surface area contributed by atoms with Crippen molar-refractivity contribution in [3.8, 4) is 5.75 Å². The van der Waals surface area contributed by atoms with Crippen LogP contribution in [0.5, 0.6) is 5.75 Å². The van der Waals surface area contributed by atoms with Crippen LogP contribution in [0.1, 0.15) is 25.8 Å². The van der Waals surface area contributed by atoms with E-state index < -0.39 is 11.9 Å². The molecule has 1 unspecified atom stereocenters. The van der Waals surface area contributed by atoms with Gasteiger partial charge in [0.15, 0.2) is 0 Å². The number of aliphatic carboxylic acids is 1. The number of rotatable bonds is 8. The Labute approximate surface area is 125 Å². The van der Waals surface area contributed by atoms with Gasteiger partial charge in [-0.25, -0.2) is 0 Å². The second-order valence-corrected chi connectivity index (χ2v) is 5.02. The second-order valence-electron chi connectivity index (χ2n) is 5.02. The minimum Gasteiger partial charge on any atom is -0.497 e. The molecule has 5 heteroatoms. The molecule has 1 rings (SSSR count). The number of hydrogen-bond donors (Lipinski definition) is 1. The summed E-state index contributed by atoms with van der Waals surface area (Å²) in [5, 5.41) is 8.92. The average molecular weight is 293 g/mol. The molecule has 1 aromatic rings. The van der Waals surface area contributed by atoms with Gasteiger partial charge >= 0.3 is 5.97 Å².